The van der Waals surface area contributed by atoms with Crippen molar-refractivity contribution >= 4 is 11.6 Å². The van der Waals surface area contributed by atoms with E-state index < -0.39 is 0 Å². The summed E-state index contributed by atoms with van der Waals surface area (Å²) < 4.78 is 5.14. The number of ether oxygens (including phenoxy) is 1. The van der Waals surface area contributed by atoms with E-state index in [0.717, 1.165) is 31.9 Å². The highest BCUT2D eigenvalue weighted by Gasteiger charge is 2.04. The number of methoxy groups -OCH3 is 1. The molecule has 0 amide bonds. The molecule has 0 heterocycles. The first-order chi connectivity index (χ1) is 11.1. The highest BCUT2D eigenvalue weighted by Crippen LogP contribution is 2.13. The van der Waals surface area contributed by atoms with Crippen molar-refractivity contribution in [2.24, 2.45) is 4.99 Å². The lowest BCUT2D eigenvalue weighted by molar-refractivity contribution is 0.179. The first-order valence-electron chi connectivity index (χ1n) is 8.36. The average Bonchev–Trinajstić information content (AvgIpc) is 2.52. The molecule has 0 aliphatic carbocycles. The van der Waals surface area contributed by atoms with Gasteiger partial charge in [-0.2, -0.15) is 0 Å². The molecule has 5 heteroatoms. The summed E-state index contributed by atoms with van der Waals surface area (Å²) in [6.45, 7) is 6.50. The lowest BCUT2D eigenvalue weighted by Crippen LogP contribution is -2.44. The smallest absolute Gasteiger partial charge is 0.191 e. The molecule has 0 aromatic heterocycles. The van der Waals surface area contributed by atoms with E-state index in [0.29, 0.717) is 6.61 Å². The Morgan fingerprint density at radius 3 is 2.52 bits per heavy atom. The Labute approximate surface area is 141 Å². The molecule has 0 radical (unpaired) electrons. The van der Waals surface area contributed by atoms with E-state index in [9.17, 15) is 0 Å². The first-order valence-corrected chi connectivity index (χ1v) is 8.36. The Morgan fingerprint density at radius 1 is 1.26 bits per heavy atom. The molecule has 23 heavy (non-hydrogen) atoms. The molecule has 0 fully saturated rings. The molecule has 0 aliphatic rings. The third-order valence-corrected chi connectivity index (χ3v) is 3.49. The molecule has 0 aliphatic heterocycles. The van der Waals surface area contributed by atoms with Gasteiger partial charge in [0.25, 0.3) is 0 Å². The van der Waals surface area contributed by atoms with E-state index in [2.05, 4.69) is 72.7 Å². The number of nitrogens with one attached hydrogen (secondary N) is 2. The van der Waals surface area contributed by atoms with Gasteiger partial charge in [-0.25, -0.2) is 0 Å². The van der Waals surface area contributed by atoms with Crippen LogP contribution in [0.2, 0.25) is 0 Å². The summed E-state index contributed by atoms with van der Waals surface area (Å²) in [5.74, 6) is 0.861. The van der Waals surface area contributed by atoms with Crippen molar-refractivity contribution in [1.29, 1.82) is 0 Å². The summed E-state index contributed by atoms with van der Waals surface area (Å²) in [6.07, 6.45) is 2.08. The van der Waals surface area contributed by atoms with Gasteiger partial charge in [0.2, 0.25) is 0 Å². The van der Waals surface area contributed by atoms with Gasteiger partial charge in [0.15, 0.2) is 5.96 Å². The van der Waals surface area contributed by atoms with E-state index in [1.807, 2.05) is 0 Å². The molecule has 1 aromatic rings. The zero-order chi connectivity index (χ0) is 17.1. The van der Waals surface area contributed by atoms with Crippen LogP contribution < -0.4 is 15.5 Å². The number of hydrogen-bond acceptors (Lipinski definition) is 3. The van der Waals surface area contributed by atoms with Crippen molar-refractivity contribution < 1.29 is 4.74 Å². The van der Waals surface area contributed by atoms with E-state index in [1.165, 1.54) is 11.3 Å². The van der Waals surface area contributed by atoms with Crippen LogP contribution in [-0.2, 0) is 11.2 Å². The largest absolute Gasteiger partial charge is 0.383 e. The lowest BCUT2D eigenvalue weighted by atomic mass is 10.1. The quantitative estimate of drug-likeness (QED) is 0.416. The average molecular weight is 320 g/mol. The molecule has 0 spiro atoms. The molecular formula is C18H32N4O. The van der Waals surface area contributed by atoms with Gasteiger partial charge in [-0.05, 0) is 44.4 Å². The maximum Gasteiger partial charge on any atom is 0.191 e. The van der Waals surface area contributed by atoms with Crippen molar-refractivity contribution in [3.63, 3.8) is 0 Å². The van der Waals surface area contributed by atoms with E-state index in [4.69, 9.17) is 4.74 Å². The predicted molar refractivity (Wildman–Crippen MR) is 99.5 cm³/mol. The monoisotopic (exact) mass is 320 g/mol. The van der Waals surface area contributed by atoms with Crippen LogP contribution in [0.1, 0.15) is 25.8 Å². The third-order valence-electron chi connectivity index (χ3n) is 3.49. The van der Waals surface area contributed by atoms with Crippen molar-refractivity contribution in [2.75, 3.05) is 45.8 Å². The van der Waals surface area contributed by atoms with Gasteiger partial charge in [-0.1, -0.05) is 12.1 Å². The fraction of sp³-hybridized carbons (Fsp3) is 0.611. The molecule has 0 saturated carbocycles. The number of anilines is 1. The van der Waals surface area contributed by atoms with Gasteiger partial charge in [0.05, 0.1) is 6.61 Å². The molecule has 1 aromatic carbocycles. The highest BCUT2D eigenvalue weighted by molar-refractivity contribution is 5.80. The molecule has 2 N–H and O–H groups in total. The van der Waals surface area contributed by atoms with Gasteiger partial charge in [-0.3, -0.25) is 4.99 Å². The van der Waals surface area contributed by atoms with Gasteiger partial charge >= 0.3 is 0 Å². The number of benzene rings is 1. The number of rotatable bonds is 9. The number of guanidine groups is 1. The van der Waals surface area contributed by atoms with Crippen molar-refractivity contribution in [1.82, 2.24) is 10.6 Å². The highest BCUT2D eigenvalue weighted by atomic mass is 16.5. The van der Waals surface area contributed by atoms with Crippen LogP contribution in [0, 0.1) is 0 Å². The molecule has 130 valence electrons. The van der Waals surface area contributed by atoms with Crippen LogP contribution >= 0.6 is 0 Å². The lowest BCUT2D eigenvalue weighted by Gasteiger charge is -2.17. The van der Waals surface area contributed by atoms with Crippen LogP contribution in [0.25, 0.3) is 0 Å². The minimum atomic E-state index is 0.247. The number of hydrogen-bond donors (Lipinski definition) is 2. The van der Waals surface area contributed by atoms with E-state index >= 15 is 0 Å². The van der Waals surface area contributed by atoms with Gasteiger partial charge < -0.3 is 20.3 Å². The molecule has 1 rings (SSSR count). The zero-order valence-electron chi connectivity index (χ0n) is 15.2. The second-order valence-corrected chi connectivity index (χ2v) is 5.93. The van der Waals surface area contributed by atoms with Crippen LogP contribution in [-0.4, -0.2) is 52.9 Å². The normalized spacial score (nSPS) is 12.8. The zero-order valence-corrected chi connectivity index (χ0v) is 15.2. The van der Waals surface area contributed by atoms with Crippen molar-refractivity contribution in [2.45, 2.75) is 32.7 Å². The fourth-order valence-electron chi connectivity index (χ4n) is 2.28. The summed E-state index contributed by atoms with van der Waals surface area (Å²) >= 11 is 0. The summed E-state index contributed by atoms with van der Waals surface area (Å²) in [6, 6.07) is 8.97. The van der Waals surface area contributed by atoms with Crippen LogP contribution in [0.3, 0.4) is 0 Å². The first kappa shape index (κ1) is 19.3. The SMILES string of the molecule is CCNC(=NCCCc1ccc(N(C)C)cc1)NC(C)COC. The Morgan fingerprint density at radius 2 is 1.96 bits per heavy atom. The second kappa shape index (κ2) is 10.9. The Hall–Kier alpha value is -1.75. The third kappa shape index (κ3) is 7.88. The molecule has 1 atom stereocenters. The van der Waals surface area contributed by atoms with Crippen molar-refractivity contribution in [3.05, 3.63) is 29.8 Å². The topological polar surface area (TPSA) is 48.9 Å². The minimum Gasteiger partial charge on any atom is -0.383 e. The Balaban J connectivity index is 2.41. The fourth-order valence-corrected chi connectivity index (χ4v) is 2.28. The Kier molecular flexibility index (Phi) is 9.14. The number of nitrogens with zero attached hydrogens (tertiary/aromatic N) is 2. The standard InChI is InChI=1S/C18H32N4O/c1-6-19-18(21-15(2)14-23-5)20-13-7-8-16-9-11-17(12-10-16)22(3)4/h9-12,15H,6-8,13-14H2,1-5H3,(H2,19,20,21). The minimum absolute atomic E-state index is 0.247. The molecule has 0 saturated heterocycles. The van der Waals surface area contributed by atoms with Crippen molar-refractivity contribution in [3.8, 4) is 0 Å². The number of aliphatic imine (C=N–C) groups is 1. The van der Waals surface area contributed by atoms with E-state index in [-0.39, 0.29) is 6.04 Å². The summed E-state index contributed by atoms with van der Waals surface area (Å²) in [5, 5.41) is 6.61. The second-order valence-electron chi connectivity index (χ2n) is 5.93. The van der Waals surface area contributed by atoms with Crippen LogP contribution in [0.5, 0.6) is 0 Å². The van der Waals surface area contributed by atoms with Crippen LogP contribution in [0.4, 0.5) is 5.69 Å². The van der Waals surface area contributed by atoms with Crippen LogP contribution in [0.15, 0.2) is 29.3 Å². The van der Waals surface area contributed by atoms with E-state index in [1.54, 1.807) is 7.11 Å². The molecule has 5 nitrogen and oxygen atoms in total. The van der Waals surface area contributed by atoms with Gasteiger partial charge in [0, 0.05) is 46.0 Å². The summed E-state index contributed by atoms with van der Waals surface area (Å²) in [5.41, 5.74) is 2.59. The molecule has 0 bridgehead atoms. The Bertz CT molecular complexity index is 457. The summed E-state index contributed by atoms with van der Waals surface area (Å²) in [7, 11) is 5.83. The molecular weight excluding hydrogens is 288 g/mol. The predicted octanol–water partition coefficient (Wildman–Crippen LogP) is 2.28. The molecule has 1 unspecified atom stereocenters. The number of aryl methyl sites for hydroxylation is 1. The van der Waals surface area contributed by atoms with Gasteiger partial charge in [-0.15, -0.1) is 0 Å². The summed E-state index contributed by atoms with van der Waals surface area (Å²) in [4.78, 5) is 6.74. The maximum absolute atomic E-state index is 5.14. The van der Waals surface area contributed by atoms with Gasteiger partial charge in [0.1, 0.15) is 0 Å². The maximum atomic E-state index is 5.14.